The van der Waals surface area contributed by atoms with Crippen molar-refractivity contribution in [1.29, 1.82) is 0 Å². The molecule has 0 spiro atoms. The number of fused-ring (bicyclic) bond motifs is 1. The molecule has 10 heteroatoms. The molecule has 0 bridgehead atoms. The number of rotatable bonds is 8. The number of phenols is 1. The van der Waals surface area contributed by atoms with Gasteiger partial charge in [-0.25, -0.2) is 4.79 Å². The summed E-state index contributed by atoms with van der Waals surface area (Å²) in [7, 11) is 1.27. The molecule has 3 N–H and O–H groups in total. The van der Waals surface area contributed by atoms with Gasteiger partial charge >= 0.3 is 11.9 Å². The third kappa shape index (κ3) is 5.72. The van der Waals surface area contributed by atoms with Crippen LogP contribution in [0.4, 0.5) is 0 Å². The smallest absolute Gasteiger partial charge is 0.328 e. The fraction of sp³-hybridized carbons (Fsp3) is 0.320. The molecule has 35 heavy (non-hydrogen) atoms. The summed E-state index contributed by atoms with van der Waals surface area (Å²) >= 11 is 0. The summed E-state index contributed by atoms with van der Waals surface area (Å²) in [5.74, 6) is -2.07. The molecule has 0 saturated heterocycles. The molecule has 1 atom stereocenters. The fourth-order valence-electron chi connectivity index (χ4n) is 2.94. The van der Waals surface area contributed by atoms with Gasteiger partial charge in [0.2, 0.25) is 11.2 Å². The lowest BCUT2D eigenvalue weighted by Gasteiger charge is -2.14. The summed E-state index contributed by atoms with van der Waals surface area (Å²) < 4.78 is 26.9. The molecule has 0 aliphatic carbocycles. The van der Waals surface area contributed by atoms with Crippen LogP contribution in [0.2, 0.25) is 0 Å². The quantitative estimate of drug-likeness (QED) is 0.357. The lowest BCUT2D eigenvalue weighted by atomic mass is 10.1. The van der Waals surface area contributed by atoms with E-state index in [1.807, 2.05) is 13.8 Å². The molecule has 2 aromatic carbocycles. The Balaban J connectivity index is 1.89. The van der Waals surface area contributed by atoms with Gasteiger partial charge in [0.1, 0.15) is 28.5 Å². The molecule has 0 radical (unpaired) electrons. The van der Waals surface area contributed by atoms with Crippen LogP contribution < -0.4 is 30.1 Å². The number of nitrogens with two attached hydrogens (primary N) is 1. The van der Waals surface area contributed by atoms with Crippen molar-refractivity contribution in [3.05, 3.63) is 46.6 Å². The van der Waals surface area contributed by atoms with Crippen molar-refractivity contribution in [2.75, 3.05) is 7.11 Å². The average Bonchev–Trinajstić information content (AvgIpc) is 2.79. The summed E-state index contributed by atoms with van der Waals surface area (Å²) in [4.78, 5) is 36.7. The Morgan fingerprint density at radius 1 is 0.971 bits per heavy atom. The SMILES string of the molecule is COc1c(OC(=O)C(C)C)cc2oc(Oc3ccc(OC(=O)C(N)C(C)C)cc3)cc(=O)c2c1O. The van der Waals surface area contributed by atoms with Gasteiger partial charge in [-0.1, -0.05) is 27.7 Å². The number of carbonyl (C=O) groups is 2. The van der Waals surface area contributed by atoms with Crippen LogP contribution in [0.25, 0.3) is 11.0 Å². The number of methoxy groups -OCH3 is 1. The highest BCUT2D eigenvalue weighted by molar-refractivity contribution is 5.90. The molecular weight excluding hydrogens is 458 g/mol. The second kappa shape index (κ2) is 10.5. The zero-order chi connectivity index (χ0) is 25.9. The predicted octanol–water partition coefficient (Wildman–Crippen LogP) is 3.75. The highest BCUT2D eigenvalue weighted by atomic mass is 16.6. The lowest BCUT2D eigenvalue weighted by Crippen LogP contribution is -2.38. The van der Waals surface area contributed by atoms with Crippen LogP contribution in [0.15, 0.2) is 45.6 Å². The number of hydrogen-bond acceptors (Lipinski definition) is 10. The van der Waals surface area contributed by atoms with Crippen molar-refractivity contribution in [3.8, 4) is 34.7 Å². The third-order valence-electron chi connectivity index (χ3n) is 5.03. The van der Waals surface area contributed by atoms with Crippen LogP contribution in [-0.4, -0.2) is 30.2 Å². The molecule has 0 fully saturated rings. The zero-order valence-corrected chi connectivity index (χ0v) is 20.0. The van der Waals surface area contributed by atoms with Gasteiger partial charge in [0, 0.05) is 6.07 Å². The second-order valence-electron chi connectivity index (χ2n) is 8.40. The van der Waals surface area contributed by atoms with Crippen molar-refractivity contribution < 1.29 is 38.1 Å². The molecule has 0 amide bonds. The summed E-state index contributed by atoms with van der Waals surface area (Å²) in [5.41, 5.74) is 5.10. The number of aromatic hydroxyl groups is 1. The fourth-order valence-corrected chi connectivity index (χ4v) is 2.94. The van der Waals surface area contributed by atoms with Crippen molar-refractivity contribution in [2.45, 2.75) is 33.7 Å². The summed E-state index contributed by atoms with van der Waals surface area (Å²) in [5, 5.41) is 10.4. The first-order chi connectivity index (χ1) is 16.5. The van der Waals surface area contributed by atoms with Crippen LogP contribution in [0.5, 0.6) is 34.7 Å². The first-order valence-electron chi connectivity index (χ1n) is 10.9. The van der Waals surface area contributed by atoms with E-state index in [0.29, 0.717) is 0 Å². The Hall–Kier alpha value is -4.05. The van der Waals surface area contributed by atoms with Gasteiger partial charge in [-0.2, -0.15) is 0 Å². The molecule has 3 rings (SSSR count). The van der Waals surface area contributed by atoms with Crippen LogP contribution in [-0.2, 0) is 9.59 Å². The largest absolute Gasteiger partial charge is 0.504 e. The molecule has 0 saturated carbocycles. The van der Waals surface area contributed by atoms with E-state index in [-0.39, 0.29) is 45.8 Å². The van der Waals surface area contributed by atoms with Gasteiger partial charge in [-0.3, -0.25) is 9.59 Å². The van der Waals surface area contributed by atoms with E-state index in [9.17, 15) is 19.5 Å². The monoisotopic (exact) mass is 485 g/mol. The predicted molar refractivity (Wildman–Crippen MR) is 126 cm³/mol. The molecule has 0 aliphatic heterocycles. The molecule has 1 aromatic heterocycles. The lowest BCUT2D eigenvalue weighted by molar-refractivity contribution is -0.138. The van der Waals surface area contributed by atoms with Crippen LogP contribution in [0.3, 0.4) is 0 Å². The van der Waals surface area contributed by atoms with Crippen molar-refractivity contribution in [1.82, 2.24) is 0 Å². The van der Waals surface area contributed by atoms with Gasteiger partial charge in [-0.15, -0.1) is 0 Å². The highest BCUT2D eigenvalue weighted by Crippen LogP contribution is 2.42. The molecule has 10 nitrogen and oxygen atoms in total. The van der Waals surface area contributed by atoms with Crippen molar-refractivity contribution >= 4 is 22.9 Å². The van der Waals surface area contributed by atoms with E-state index in [2.05, 4.69) is 0 Å². The average molecular weight is 485 g/mol. The van der Waals surface area contributed by atoms with Crippen LogP contribution in [0.1, 0.15) is 27.7 Å². The standard InChI is InChI=1S/C25H27NO9/c1-12(2)21(26)25(30)33-15-8-6-14(7-9-15)32-19-10-16(27)20-17(34-19)11-18(23(31-5)22(20)28)35-24(29)13(3)4/h6-13,21,28H,26H2,1-5H3. The van der Waals surface area contributed by atoms with Gasteiger partial charge in [-0.05, 0) is 30.2 Å². The number of esters is 2. The Bertz CT molecular complexity index is 1290. The summed E-state index contributed by atoms with van der Waals surface area (Å²) in [6.07, 6.45) is 0. The van der Waals surface area contributed by atoms with Crippen molar-refractivity contribution in [2.24, 2.45) is 17.6 Å². The highest BCUT2D eigenvalue weighted by Gasteiger charge is 2.23. The molecule has 0 aliphatic rings. The van der Waals surface area contributed by atoms with Gasteiger partial charge in [0.05, 0.1) is 19.1 Å². The second-order valence-corrected chi connectivity index (χ2v) is 8.40. The van der Waals surface area contributed by atoms with Gasteiger partial charge in [0.15, 0.2) is 11.5 Å². The van der Waals surface area contributed by atoms with E-state index in [1.54, 1.807) is 13.8 Å². The minimum absolute atomic E-state index is 0.0743. The first kappa shape index (κ1) is 25.6. The number of carbonyl (C=O) groups excluding carboxylic acids is 2. The number of benzene rings is 2. The topological polar surface area (TPSA) is 148 Å². The summed E-state index contributed by atoms with van der Waals surface area (Å²) in [6, 6.07) is 7.58. The summed E-state index contributed by atoms with van der Waals surface area (Å²) in [6.45, 7) is 6.92. The minimum Gasteiger partial charge on any atom is -0.504 e. The Morgan fingerprint density at radius 3 is 2.17 bits per heavy atom. The number of ether oxygens (including phenoxy) is 4. The Labute approximate surface area is 201 Å². The maximum Gasteiger partial charge on any atom is 0.328 e. The van der Waals surface area contributed by atoms with Crippen LogP contribution >= 0.6 is 0 Å². The number of hydrogen-bond donors (Lipinski definition) is 2. The van der Waals surface area contributed by atoms with Gasteiger partial charge < -0.3 is 34.2 Å². The van der Waals surface area contributed by atoms with E-state index in [1.165, 1.54) is 37.4 Å². The Kier molecular flexibility index (Phi) is 7.65. The van der Waals surface area contributed by atoms with E-state index < -0.39 is 35.1 Å². The molecule has 1 heterocycles. The van der Waals surface area contributed by atoms with E-state index in [4.69, 9.17) is 29.1 Å². The normalized spacial score (nSPS) is 12.0. The Morgan fingerprint density at radius 2 is 1.60 bits per heavy atom. The first-order valence-corrected chi connectivity index (χ1v) is 10.9. The molecule has 186 valence electrons. The van der Waals surface area contributed by atoms with Crippen molar-refractivity contribution in [3.63, 3.8) is 0 Å². The van der Waals surface area contributed by atoms with Gasteiger partial charge in [0.25, 0.3) is 5.95 Å². The molecule has 3 aromatic rings. The maximum atomic E-state index is 12.7. The number of phenolic OH excluding ortho intramolecular Hbond substituents is 1. The zero-order valence-electron chi connectivity index (χ0n) is 20.0. The molecular formula is C25H27NO9. The third-order valence-corrected chi connectivity index (χ3v) is 5.03. The minimum atomic E-state index is -0.752. The van der Waals surface area contributed by atoms with Crippen LogP contribution in [0, 0.1) is 11.8 Å². The molecule has 1 unspecified atom stereocenters. The van der Waals surface area contributed by atoms with E-state index >= 15 is 0 Å². The van der Waals surface area contributed by atoms with E-state index in [0.717, 1.165) is 6.07 Å². The maximum absolute atomic E-state index is 12.7.